The van der Waals surface area contributed by atoms with Gasteiger partial charge in [0.05, 0.1) is 25.6 Å². The van der Waals surface area contributed by atoms with E-state index in [0.29, 0.717) is 17.1 Å². The quantitative estimate of drug-likeness (QED) is 0.847. The lowest BCUT2D eigenvalue weighted by atomic mass is 10.2. The minimum atomic E-state index is -0.582. The van der Waals surface area contributed by atoms with Crippen LogP contribution in [0.4, 0.5) is 16.2 Å². The maximum atomic E-state index is 12.2. The van der Waals surface area contributed by atoms with Crippen LogP contribution in [0.3, 0.4) is 0 Å². The molecule has 7 heteroatoms. The molecule has 0 atom stereocenters. The van der Waals surface area contributed by atoms with Crippen molar-refractivity contribution in [1.82, 2.24) is 4.98 Å². The first-order valence-corrected chi connectivity index (χ1v) is 6.80. The number of carbonyl (C=O) groups excluding carboxylic acids is 2. The van der Waals surface area contributed by atoms with Crippen LogP contribution in [0.25, 0.3) is 0 Å². The minimum Gasteiger partial charge on any atom is -0.495 e. The lowest BCUT2D eigenvalue weighted by molar-refractivity contribution is 0.0601. The van der Waals surface area contributed by atoms with Crippen molar-refractivity contribution in [3.63, 3.8) is 0 Å². The standard InChI is InChI=1S/C16H17N3O4/c1-10-4-5-14(22-2)13(8-10)19-16(21)18-12-6-7-17-9-11(12)15(20)23-3/h4-9H,1-3H3,(H2,17,18,19,21). The summed E-state index contributed by atoms with van der Waals surface area (Å²) in [5.41, 5.74) is 1.97. The molecular formula is C16H17N3O4. The molecule has 1 heterocycles. The zero-order valence-corrected chi connectivity index (χ0v) is 13.0. The molecule has 0 spiro atoms. The Hall–Kier alpha value is -3.09. The van der Waals surface area contributed by atoms with Gasteiger partial charge in [0.25, 0.3) is 0 Å². The summed E-state index contributed by atoms with van der Waals surface area (Å²) in [6.07, 6.45) is 2.80. The van der Waals surface area contributed by atoms with Gasteiger partial charge < -0.3 is 20.1 Å². The summed E-state index contributed by atoms with van der Waals surface area (Å²) in [6.45, 7) is 1.90. The van der Waals surface area contributed by atoms with Gasteiger partial charge in [0.15, 0.2) is 0 Å². The van der Waals surface area contributed by atoms with Crippen LogP contribution in [0, 0.1) is 6.92 Å². The van der Waals surface area contributed by atoms with E-state index >= 15 is 0 Å². The second-order valence-electron chi connectivity index (χ2n) is 4.70. The van der Waals surface area contributed by atoms with Gasteiger partial charge in [-0.15, -0.1) is 0 Å². The maximum absolute atomic E-state index is 12.2. The fourth-order valence-corrected chi connectivity index (χ4v) is 1.97. The van der Waals surface area contributed by atoms with E-state index in [4.69, 9.17) is 4.74 Å². The highest BCUT2D eigenvalue weighted by Gasteiger charge is 2.15. The summed E-state index contributed by atoms with van der Waals surface area (Å²) < 4.78 is 9.86. The Labute approximate surface area is 133 Å². The van der Waals surface area contributed by atoms with E-state index in [0.717, 1.165) is 5.56 Å². The first-order valence-electron chi connectivity index (χ1n) is 6.80. The summed E-state index contributed by atoms with van der Waals surface area (Å²) in [5.74, 6) is -0.0461. The first kappa shape index (κ1) is 16.3. The van der Waals surface area contributed by atoms with Crippen LogP contribution in [0.1, 0.15) is 15.9 Å². The molecule has 23 heavy (non-hydrogen) atoms. The molecule has 0 saturated carbocycles. The second-order valence-corrected chi connectivity index (χ2v) is 4.70. The number of rotatable bonds is 4. The predicted molar refractivity (Wildman–Crippen MR) is 85.9 cm³/mol. The fourth-order valence-electron chi connectivity index (χ4n) is 1.97. The van der Waals surface area contributed by atoms with Crippen LogP contribution < -0.4 is 15.4 Å². The fraction of sp³-hybridized carbons (Fsp3) is 0.188. The van der Waals surface area contributed by atoms with Crippen LogP contribution >= 0.6 is 0 Å². The van der Waals surface area contributed by atoms with E-state index in [2.05, 4.69) is 20.4 Å². The summed E-state index contributed by atoms with van der Waals surface area (Å²) in [5, 5.41) is 5.29. The number of hydrogen-bond acceptors (Lipinski definition) is 5. The molecule has 2 aromatic rings. The maximum Gasteiger partial charge on any atom is 0.341 e. The molecule has 120 valence electrons. The summed E-state index contributed by atoms with van der Waals surface area (Å²) in [4.78, 5) is 27.7. The largest absolute Gasteiger partial charge is 0.495 e. The van der Waals surface area contributed by atoms with Crippen molar-refractivity contribution in [2.75, 3.05) is 24.9 Å². The van der Waals surface area contributed by atoms with E-state index in [9.17, 15) is 9.59 Å². The summed E-state index contributed by atoms with van der Waals surface area (Å²) >= 11 is 0. The number of benzene rings is 1. The average Bonchev–Trinajstić information content (AvgIpc) is 2.55. The second kappa shape index (κ2) is 7.26. The highest BCUT2D eigenvalue weighted by molar-refractivity contribution is 6.05. The third-order valence-corrected chi connectivity index (χ3v) is 3.08. The number of amides is 2. The average molecular weight is 315 g/mol. The third kappa shape index (κ3) is 3.97. The molecule has 0 bridgehead atoms. The highest BCUT2D eigenvalue weighted by atomic mass is 16.5. The number of hydrogen-bond donors (Lipinski definition) is 2. The van der Waals surface area contributed by atoms with Gasteiger partial charge >= 0.3 is 12.0 Å². The minimum absolute atomic E-state index is 0.168. The summed E-state index contributed by atoms with van der Waals surface area (Å²) in [6, 6.07) is 6.42. The molecule has 0 unspecified atom stereocenters. The molecule has 0 aliphatic carbocycles. The normalized spacial score (nSPS) is 9.87. The number of aromatic nitrogens is 1. The predicted octanol–water partition coefficient (Wildman–Crippen LogP) is 2.83. The van der Waals surface area contributed by atoms with Gasteiger partial charge in [0.1, 0.15) is 11.3 Å². The smallest absolute Gasteiger partial charge is 0.341 e. The number of nitrogens with zero attached hydrogens (tertiary/aromatic N) is 1. The Morgan fingerprint density at radius 2 is 1.83 bits per heavy atom. The monoisotopic (exact) mass is 315 g/mol. The Morgan fingerprint density at radius 1 is 1.09 bits per heavy atom. The number of ether oxygens (including phenoxy) is 2. The van der Waals surface area contributed by atoms with E-state index in [-0.39, 0.29) is 5.56 Å². The Kier molecular flexibility index (Phi) is 5.14. The summed E-state index contributed by atoms with van der Waals surface area (Å²) in [7, 11) is 2.78. The number of esters is 1. The van der Waals surface area contributed by atoms with Crippen LogP contribution in [-0.4, -0.2) is 31.2 Å². The van der Waals surface area contributed by atoms with Gasteiger partial charge in [-0.05, 0) is 30.7 Å². The zero-order valence-electron chi connectivity index (χ0n) is 13.0. The highest BCUT2D eigenvalue weighted by Crippen LogP contribution is 2.25. The molecule has 2 rings (SSSR count). The van der Waals surface area contributed by atoms with Gasteiger partial charge in [-0.1, -0.05) is 6.07 Å². The number of nitrogens with one attached hydrogen (secondary N) is 2. The molecule has 1 aromatic heterocycles. The zero-order chi connectivity index (χ0) is 16.8. The molecular weight excluding hydrogens is 298 g/mol. The van der Waals surface area contributed by atoms with Gasteiger partial charge in [0, 0.05) is 12.4 Å². The van der Waals surface area contributed by atoms with E-state index in [1.807, 2.05) is 13.0 Å². The SMILES string of the molecule is COC(=O)c1cnccc1NC(=O)Nc1cc(C)ccc1OC. The van der Waals surface area contributed by atoms with E-state index in [1.165, 1.54) is 32.7 Å². The molecule has 0 aliphatic rings. The molecule has 0 aliphatic heterocycles. The molecule has 0 fully saturated rings. The first-order chi connectivity index (χ1) is 11.0. The number of carbonyl (C=O) groups is 2. The van der Waals surface area contributed by atoms with Crippen molar-refractivity contribution in [3.05, 3.63) is 47.8 Å². The van der Waals surface area contributed by atoms with Crippen LogP contribution in [0.2, 0.25) is 0 Å². The van der Waals surface area contributed by atoms with Crippen molar-refractivity contribution in [3.8, 4) is 5.75 Å². The van der Waals surface area contributed by atoms with E-state index < -0.39 is 12.0 Å². The van der Waals surface area contributed by atoms with Crippen molar-refractivity contribution in [1.29, 1.82) is 0 Å². The molecule has 0 radical (unpaired) electrons. The molecule has 0 saturated heterocycles. The topological polar surface area (TPSA) is 89.5 Å². The van der Waals surface area contributed by atoms with Crippen LogP contribution in [0.15, 0.2) is 36.7 Å². The van der Waals surface area contributed by atoms with Crippen molar-refractivity contribution in [2.45, 2.75) is 6.92 Å². The Bertz CT molecular complexity index is 731. The van der Waals surface area contributed by atoms with Gasteiger partial charge in [-0.3, -0.25) is 4.98 Å². The van der Waals surface area contributed by atoms with Crippen LogP contribution in [-0.2, 0) is 4.74 Å². The van der Waals surface area contributed by atoms with E-state index in [1.54, 1.807) is 12.1 Å². The van der Waals surface area contributed by atoms with Gasteiger partial charge in [-0.2, -0.15) is 0 Å². The molecule has 1 aromatic carbocycles. The Balaban J connectivity index is 2.18. The van der Waals surface area contributed by atoms with Crippen molar-refractivity contribution in [2.24, 2.45) is 0 Å². The lowest BCUT2D eigenvalue weighted by Gasteiger charge is -2.13. The molecule has 2 N–H and O–H groups in total. The number of urea groups is 1. The Morgan fingerprint density at radius 3 is 2.52 bits per heavy atom. The third-order valence-electron chi connectivity index (χ3n) is 3.08. The number of aryl methyl sites for hydroxylation is 1. The number of methoxy groups -OCH3 is 2. The molecule has 2 amide bonds. The number of anilines is 2. The van der Waals surface area contributed by atoms with Crippen molar-refractivity contribution < 1.29 is 19.1 Å². The van der Waals surface area contributed by atoms with Crippen LogP contribution in [0.5, 0.6) is 5.75 Å². The van der Waals surface area contributed by atoms with Gasteiger partial charge in [0.2, 0.25) is 0 Å². The van der Waals surface area contributed by atoms with Gasteiger partial charge in [-0.25, -0.2) is 9.59 Å². The molecule has 7 nitrogen and oxygen atoms in total. The number of pyridine rings is 1. The van der Waals surface area contributed by atoms with Crippen molar-refractivity contribution >= 4 is 23.4 Å². The lowest BCUT2D eigenvalue weighted by Crippen LogP contribution is -2.21.